The van der Waals surface area contributed by atoms with E-state index < -0.39 is 16.6 Å². The number of halogens is 3. The van der Waals surface area contributed by atoms with Crippen molar-refractivity contribution in [3.8, 4) is 11.1 Å². The van der Waals surface area contributed by atoms with Crippen molar-refractivity contribution < 1.29 is 13.7 Å². The molecule has 4 nitrogen and oxygen atoms in total. The molecule has 0 fully saturated rings. The highest BCUT2D eigenvalue weighted by Gasteiger charge is 2.16. The molecule has 7 heteroatoms. The summed E-state index contributed by atoms with van der Waals surface area (Å²) in [4.78, 5) is 10.8. The number of hydrogen-bond donors (Lipinski definition) is 0. The van der Waals surface area contributed by atoms with E-state index in [2.05, 4.69) is 15.9 Å². The highest BCUT2D eigenvalue weighted by molar-refractivity contribution is 9.10. The molecule has 3 aromatic rings. The number of benzene rings is 2. The fourth-order valence-electron chi connectivity index (χ4n) is 2.70. The van der Waals surface area contributed by atoms with Gasteiger partial charge in [0.1, 0.15) is 11.6 Å². The summed E-state index contributed by atoms with van der Waals surface area (Å²) in [5.74, 6) is -1.28. The van der Waals surface area contributed by atoms with Crippen LogP contribution in [0.3, 0.4) is 0 Å². The second-order valence-electron chi connectivity index (χ2n) is 5.65. The van der Waals surface area contributed by atoms with Gasteiger partial charge in [-0.15, -0.1) is 0 Å². The Bertz CT molecular complexity index is 970. The molecule has 0 unspecified atom stereocenters. The Morgan fingerprint density at radius 1 is 1.16 bits per heavy atom. The van der Waals surface area contributed by atoms with E-state index in [1.54, 1.807) is 29.0 Å². The van der Waals surface area contributed by atoms with Gasteiger partial charge >= 0.3 is 0 Å². The maximum Gasteiger partial charge on any atom is 0.274 e. The van der Waals surface area contributed by atoms with Gasteiger partial charge in [0.15, 0.2) is 0 Å². The van der Waals surface area contributed by atoms with E-state index in [0.29, 0.717) is 11.1 Å². The van der Waals surface area contributed by atoms with Gasteiger partial charge in [-0.05, 0) is 37.3 Å². The van der Waals surface area contributed by atoms with Crippen LogP contribution < -0.4 is 0 Å². The van der Waals surface area contributed by atoms with Crippen molar-refractivity contribution in [2.75, 3.05) is 0 Å². The van der Waals surface area contributed by atoms with Crippen molar-refractivity contribution in [2.24, 2.45) is 0 Å². The molecule has 0 N–H and O–H groups in total. The monoisotopic (exact) mass is 406 g/mol. The molecule has 2 aromatic carbocycles. The van der Waals surface area contributed by atoms with Gasteiger partial charge in [-0.1, -0.05) is 15.9 Å². The maximum absolute atomic E-state index is 14.0. The summed E-state index contributed by atoms with van der Waals surface area (Å²) < 4.78 is 29.6. The average Bonchev–Trinajstić information content (AvgIpc) is 2.87. The van der Waals surface area contributed by atoms with Gasteiger partial charge in [0, 0.05) is 39.6 Å². The summed E-state index contributed by atoms with van der Waals surface area (Å²) >= 11 is 3.32. The Balaban J connectivity index is 1.99. The predicted molar refractivity (Wildman–Crippen MR) is 94.4 cm³/mol. The lowest BCUT2D eigenvalue weighted by Crippen LogP contribution is -2.03. The Labute approximate surface area is 151 Å². The van der Waals surface area contributed by atoms with E-state index in [1.165, 1.54) is 18.2 Å². The summed E-state index contributed by atoms with van der Waals surface area (Å²) in [6, 6.07) is 9.93. The minimum atomic E-state index is -0.648. The summed E-state index contributed by atoms with van der Waals surface area (Å²) in [5.41, 5.74) is 2.24. The van der Waals surface area contributed by atoms with Crippen molar-refractivity contribution in [1.82, 2.24) is 4.57 Å². The van der Waals surface area contributed by atoms with Crippen LogP contribution in [-0.2, 0) is 6.54 Å². The molecule has 0 saturated heterocycles. The predicted octanol–water partition coefficient (Wildman–Crippen LogP) is 5.46. The van der Waals surface area contributed by atoms with Crippen LogP contribution in [0.4, 0.5) is 14.5 Å². The summed E-state index contributed by atoms with van der Waals surface area (Å²) in [5, 5.41) is 11.2. The van der Waals surface area contributed by atoms with E-state index in [4.69, 9.17) is 0 Å². The molecule has 0 saturated carbocycles. The summed E-state index contributed by atoms with van der Waals surface area (Å²) in [7, 11) is 0. The fraction of sp³-hybridized carbons (Fsp3) is 0.111. The number of aromatic nitrogens is 1. The molecule has 0 amide bonds. The zero-order chi connectivity index (χ0) is 18.1. The minimum absolute atomic E-state index is 0.0193. The van der Waals surface area contributed by atoms with E-state index in [9.17, 15) is 18.9 Å². The molecule has 3 rings (SSSR count). The Morgan fingerprint density at radius 2 is 1.92 bits per heavy atom. The molecule has 1 aromatic heterocycles. The molecular weight excluding hydrogens is 394 g/mol. The van der Waals surface area contributed by atoms with Crippen LogP contribution in [-0.4, -0.2) is 9.49 Å². The highest BCUT2D eigenvalue weighted by atomic mass is 79.9. The van der Waals surface area contributed by atoms with Gasteiger partial charge in [-0.2, -0.15) is 0 Å². The van der Waals surface area contributed by atoms with Gasteiger partial charge in [-0.25, -0.2) is 8.78 Å². The molecule has 0 atom stereocenters. The average molecular weight is 407 g/mol. The second-order valence-corrected chi connectivity index (χ2v) is 6.57. The zero-order valence-corrected chi connectivity index (χ0v) is 14.8. The number of aryl methyl sites for hydroxylation is 1. The summed E-state index contributed by atoms with van der Waals surface area (Å²) in [6.45, 7) is 2.10. The van der Waals surface area contributed by atoms with Gasteiger partial charge in [0.05, 0.1) is 17.0 Å². The van der Waals surface area contributed by atoms with Gasteiger partial charge in [-0.3, -0.25) is 10.1 Å². The molecule has 0 aliphatic heterocycles. The van der Waals surface area contributed by atoms with Crippen molar-refractivity contribution >= 4 is 21.6 Å². The molecule has 25 heavy (non-hydrogen) atoms. The quantitative estimate of drug-likeness (QED) is 0.426. The first-order valence-electron chi connectivity index (χ1n) is 7.40. The van der Waals surface area contributed by atoms with Crippen LogP contribution in [0.15, 0.2) is 53.1 Å². The third-order valence-corrected chi connectivity index (χ3v) is 4.43. The molecule has 0 aliphatic carbocycles. The Hall–Kier alpha value is -2.54. The minimum Gasteiger partial charge on any atom is -0.346 e. The lowest BCUT2D eigenvalue weighted by atomic mass is 10.1. The third kappa shape index (κ3) is 3.61. The Kier molecular flexibility index (Phi) is 4.67. The lowest BCUT2D eigenvalue weighted by molar-refractivity contribution is -0.385. The van der Waals surface area contributed by atoms with E-state index in [-0.39, 0.29) is 17.8 Å². The van der Waals surface area contributed by atoms with E-state index in [0.717, 1.165) is 16.2 Å². The molecule has 0 bridgehead atoms. The number of nitro groups is 1. The van der Waals surface area contributed by atoms with Crippen LogP contribution in [0.5, 0.6) is 0 Å². The van der Waals surface area contributed by atoms with Gasteiger partial charge in [0.25, 0.3) is 5.69 Å². The first-order chi connectivity index (χ1) is 11.8. The van der Waals surface area contributed by atoms with Crippen molar-refractivity contribution in [3.05, 3.63) is 86.1 Å². The number of nitro benzene ring substituents is 1. The number of nitrogens with zero attached hydrogens (tertiary/aromatic N) is 2. The topological polar surface area (TPSA) is 48.1 Å². The van der Waals surface area contributed by atoms with E-state index in [1.807, 2.05) is 6.92 Å². The van der Waals surface area contributed by atoms with Crippen molar-refractivity contribution in [1.29, 1.82) is 0 Å². The highest BCUT2D eigenvalue weighted by Crippen LogP contribution is 2.28. The normalized spacial score (nSPS) is 10.9. The molecule has 0 spiro atoms. The molecule has 0 aliphatic rings. The first kappa shape index (κ1) is 17.3. The van der Waals surface area contributed by atoms with Gasteiger partial charge in [0.2, 0.25) is 0 Å². The van der Waals surface area contributed by atoms with Crippen molar-refractivity contribution in [2.45, 2.75) is 13.5 Å². The Morgan fingerprint density at radius 3 is 2.60 bits per heavy atom. The number of hydrogen-bond acceptors (Lipinski definition) is 2. The SMILES string of the molecule is Cc1cc(-c2ccc(F)cc2F)cn1Cc1cc(Br)ccc1[N+](=O)[O-]. The maximum atomic E-state index is 14.0. The lowest BCUT2D eigenvalue weighted by Gasteiger charge is -2.07. The molecule has 0 radical (unpaired) electrons. The first-order valence-corrected chi connectivity index (χ1v) is 8.19. The second kappa shape index (κ2) is 6.76. The van der Waals surface area contributed by atoms with Crippen LogP contribution in [0.1, 0.15) is 11.3 Å². The van der Waals surface area contributed by atoms with E-state index >= 15 is 0 Å². The third-order valence-electron chi connectivity index (χ3n) is 3.93. The smallest absolute Gasteiger partial charge is 0.274 e. The van der Waals surface area contributed by atoms with Crippen LogP contribution in [0, 0.1) is 28.7 Å². The molecular formula is C18H13BrF2N2O2. The van der Waals surface area contributed by atoms with Crippen LogP contribution in [0.25, 0.3) is 11.1 Å². The summed E-state index contributed by atoms with van der Waals surface area (Å²) in [6.07, 6.45) is 1.70. The largest absolute Gasteiger partial charge is 0.346 e. The van der Waals surface area contributed by atoms with Crippen molar-refractivity contribution in [3.63, 3.8) is 0 Å². The zero-order valence-electron chi connectivity index (χ0n) is 13.2. The fourth-order valence-corrected chi connectivity index (χ4v) is 3.11. The van der Waals surface area contributed by atoms with Gasteiger partial charge < -0.3 is 4.57 Å². The van der Waals surface area contributed by atoms with Crippen LogP contribution >= 0.6 is 15.9 Å². The van der Waals surface area contributed by atoms with Crippen LogP contribution in [0.2, 0.25) is 0 Å². The standard InChI is InChI=1S/C18H13BrF2N2O2/c1-11-6-12(16-4-3-15(20)8-17(16)21)9-22(11)10-13-7-14(19)2-5-18(13)23(24)25/h2-9H,10H2,1H3. The number of rotatable bonds is 4. The molecule has 128 valence electrons. The molecule has 1 heterocycles.